The van der Waals surface area contributed by atoms with E-state index >= 15 is 0 Å². The van der Waals surface area contributed by atoms with Gasteiger partial charge in [0, 0.05) is 11.8 Å². The molecule has 4 nitrogen and oxygen atoms in total. The minimum absolute atomic E-state index is 0.123. The van der Waals surface area contributed by atoms with Gasteiger partial charge in [0.1, 0.15) is 0 Å². The second-order valence-electron chi connectivity index (χ2n) is 3.42. The number of hydrogen-bond donors (Lipinski definition) is 2. The van der Waals surface area contributed by atoms with Gasteiger partial charge < -0.3 is 10.9 Å². The Kier molecular flexibility index (Phi) is 5.71. The van der Waals surface area contributed by atoms with Gasteiger partial charge in [-0.2, -0.15) is 0 Å². The van der Waals surface area contributed by atoms with E-state index in [2.05, 4.69) is 17.1 Å². The van der Waals surface area contributed by atoms with Crippen LogP contribution in [0.2, 0.25) is 0 Å². The van der Waals surface area contributed by atoms with E-state index in [-0.39, 0.29) is 5.84 Å². The van der Waals surface area contributed by atoms with Crippen LogP contribution in [-0.2, 0) is 0 Å². The lowest BCUT2D eigenvalue weighted by Crippen LogP contribution is -2.13. The van der Waals surface area contributed by atoms with Crippen LogP contribution in [0, 0.1) is 0 Å². The lowest BCUT2D eigenvalue weighted by Gasteiger charge is -2.02. The number of amidine groups is 1. The van der Waals surface area contributed by atoms with Crippen molar-refractivity contribution in [2.75, 3.05) is 5.75 Å². The first-order chi connectivity index (χ1) is 7.77. The summed E-state index contributed by atoms with van der Waals surface area (Å²) in [4.78, 5) is 4.22. The van der Waals surface area contributed by atoms with Crippen molar-refractivity contribution in [1.29, 1.82) is 0 Å². The van der Waals surface area contributed by atoms with Crippen molar-refractivity contribution in [3.8, 4) is 0 Å². The molecule has 0 unspecified atom stereocenters. The summed E-state index contributed by atoms with van der Waals surface area (Å²) in [5.74, 6) is 1.18. The van der Waals surface area contributed by atoms with Gasteiger partial charge in [-0.05, 0) is 24.3 Å². The van der Waals surface area contributed by atoms with Crippen molar-refractivity contribution in [2.45, 2.75) is 31.2 Å². The topological polar surface area (TPSA) is 71.5 Å². The fourth-order valence-corrected chi connectivity index (χ4v) is 2.14. The van der Waals surface area contributed by atoms with Crippen LogP contribution >= 0.6 is 11.8 Å². The Morgan fingerprint density at radius 1 is 1.56 bits per heavy atom. The number of rotatable bonds is 6. The second kappa shape index (κ2) is 7.11. The smallest absolute Gasteiger partial charge is 0.170 e. The predicted octanol–water partition coefficient (Wildman–Crippen LogP) is 2.46. The molecule has 0 aliphatic carbocycles. The van der Waals surface area contributed by atoms with E-state index in [1.807, 2.05) is 6.07 Å². The molecule has 0 aliphatic rings. The van der Waals surface area contributed by atoms with Gasteiger partial charge in [0.2, 0.25) is 0 Å². The molecule has 5 heteroatoms. The SMILES string of the molecule is CCCCCSc1cc(/C(N)=N/O)ccn1. The summed E-state index contributed by atoms with van der Waals surface area (Å²) >= 11 is 1.70. The van der Waals surface area contributed by atoms with Gasteiger partial charge in [-0.1, -0.05) is 24.9 Å². The van der Waals surface area contributed by atoms with E-state index in [0.717, 1.165) is 10.8 Å². The average molecular weight is 239 g/mol. The Morgan fingerprint density at radius 3 is 3.06 bits per heavy atom. The first-order valence-electron chi connectivity index (χ1n) is 5.34. The third-order valence-corrected chi connectivity index (χ3v) is 3.15. The van der Waals surface area contributed by atoms with Gasteiger partial charge in [-0.3, -0.25) is 0 Å². The van der Waals surface area contributed by atoms with E-state index in [4.69, 9.17) is 10.9 Å². The summed E-state index contributed by atoms with van der Waals surface area (Å²) < 4.78 is 0. The normalized spacial score (nSPS) is 11.7. The van der Waals surface area contributed by atoms with E-state index in [1.54, 1.807) is 24.0 Å². The molecule has 1 heterocycles. The minimum Gasteiger partial charge on any atom is -0.409 e. The Hall–Kier alpha value is -1.23. The predicted molar refractivity (Wildman–Crippen MR) is 67.0 cm³/mol. The van der Waals surface area contributed by atoms with Crippen molar-refractivity contribution < 1.29 is 5.21 Å². The number of nitrogens with two attached hydrogens (primary N) is 1. The molecule has 1 aromatic heterocycles. The molecule has 0 bridgehead atoms. The third-order valence-electron chi connectivity index (χ3n) is 2.14. The Balaban J connectivity index is 2.54. The zero-order chi connectivity index (χ0) is 11.8. The highest BCUT2D eigenvalue weighted by Crippen LogP contribution is 2.18. The monoisotopic (exact) mass is 239 g/mol. The second-order valence-corrected chi connectivity index (χ2v) is 4.54. The maximum atomic E-state index is 8.56. The molecule has 88 valence electrons. The standard InChI is InChI=1S/C11H17N3OS/c1-2-3-4-7-16-10-8-9(5-6-13-10)11(12)14-15/h5-6,8,15H,2-4,7H2,1H3,(H2,12,14). The van der Waals surface area contributed by atoms with Crippen LogP contribution in [-0.4, -0.2) is 21.8 Å². The zero-order valence-corrected chi connectivity index (χ0v) is 10.2. The molecule has 0 amide bonds. The van der Waals surface area contributed by atoms with Crippen molar-refractivity contribution in [1.82, 2.24) is 4.98 Å². The van der Waals surface area contributed by atoms with Crippen LogP contribution in [0.3, 0.4) is 0 Å². The molecule has 3 N–H and O–H groups in total. The van der Waals surface area contributed by atoms with Gasteiger partial charge >= 0.3 is 0 Å². The van der Waals surface area contributed by atoms with Gasteiger partial charge in [0.25, 0.3) is 0 Å². The summed E-state index contributed by atoms with van der Waals surface area (Å²) in [5.41, 5.74) is 6.21. The minimum atomic E-state index is 0.123. The fraction of sp³-hybridized carbons (Fsp3) is 0.455. The Bertz CT molecular complexity index is 355. The van der Waals surface area contributed by atoms with Gasteiger partial charge in [-0.15, -0.1) is 11.8 Å². The van der Waals surface area contributed by atoms with E-state index in [0.29, 0.717) is 5.56 Å². The maximum Gasteiger partial charge on any atom is 0.170 e. The first-order valence-corrected chi connectivity index (χ1v) is 6.33. The number of pyridine rings is 1. The van der Waals surface area contributed by atoms with Gasteiger partial charge in [0.05, 0.1) is 5.03 Å². The zero-order valence-electron chi connectivity index (χ0n) is 9.39. The highest BCUT2D eigenvalue weighted by molar-refractivity contribution is 7.99. The molecule has 0 aromatic carbocycles. The number of thioether (sulfide) groups is 1. The van der Waals surface area contributed by atoms with Crippen molar-refractivity contribution in [3.63, 3.8) is 0 Å². The van der Waals surface area contributed by atoms with Crippen LogP contribution in [0.15, 0.2) is 28.5 Å². The van der Waals surface area contributed by atoms with Crippen LogP contribution < -0.4 is 5.73 Å². The maximum absolute atomic E-state index is 8.56. The molecular formula is C11H17N3OS. The van der Waals surface area contributed by atoms with Crippen LogP contribution in [0.25, 0.3) is 0 Å². The number of nitrogens with zero attached hydrogens (tertiary/aromatic N) is 2. The number of hydrogen-bond acceptors (Lipinski definition) is 4. The van der Waals surface area contributed by atoms with E-state index in [9.17, 15) is 0 Å². The van der Waals surface area contributed by atoms with Gasteiger partial charge in [-0.25, -0.2) is 4.98 Å². The number of oxime groups is 1. The molecule has 0 fully saturated rings. The lowest BCUT2D eigenvalue weighted by molar-refractivity contribution is 0.318. The third kappa shape index (κ3) is 4.10. The molecule has 1 aromatic rings. The summed E-state index contributed by atoms with van der Waals surface area (Å²) in [6.07, 6.45) is 5.33. The quantitative estimate of drug-likeness (QED) is 0.200. The molecule has 0 saturated heterocycles. The van der Waals surface area contributed by atoms with E-state index < -0.39 is 0 Å². The highest BCUT2D eigenvalue weighted by atomic mass is 32.2. The largest absolute Gasteiger partial charge is 0.409 e. The van der Waals surface area contributed by atoms with Crippen LogP contribution in [0.4, 0.5) is 0 Å². The molecule has 0 atom stereocenters. The Morgan fingerprint density at radius 2 is 2.38 bits per heavy atom. The molecular weight excluding hydrogens is 222 g/mol. The Labute approximate surface area is 99.9 Å². The van der Waals surface area contributed by atoms with Gasteiger partial charge in [0.15, 0.2) is 5.84 Å². The fourth-order valence-electron chi connectivity index (χ4n) is 1.23. The molecule has 0 radical (unpaired) electrons. The summed E-state index contributed by atoms with van der Waals surface area (Å²) in [6, 6.07) is 3.57. The molecule has 16 heavy (non-hydrogen) atoms. The van der Waals surface area contributed by atoms with E-state index in [1.165, 1.54) is 19.3 Å². The highest BCUT2D eigenvalue weighted by Gasteiger charge is 2.01. The summed E-state index contributed by atoms with van der Waals surface area (Å²) in [5, 5.41) is 12.4. The molecule has 0 spiro atoms. The summed E-state index contributed by atoms with van der Waals surface area (Å²) in [6.45, 7) is 2.18. The molecule has 0 aliphatic heterocycles. The molecule has 1 rings (SSSR count). The van der Waals surface area contributed by atoms with Crippen LogP contribution in [0.1, 0.15) is 31.7 Å². The number of unbranched alkanes of at least 4 members (excludes halogenated alkanes) is 2. The number of aromatic nitrogens is 1. The average Bonchev–Trinajstić information content (AvgIpc) is 2.34. The van der Waals surface area contributed by atoms with Crippen molar-refractivity contribution >= 4 is 17.6 Å². The summed E-state index contributed by atoms with van der Waals surface area (Å²) in [7, 11) is 0. The van der Waals surface area contributed by atoms with Crippen molar-refractivity contribution in [3.05, 3.63) is 23.9 Å². The van der Waals surface area contributed by atoms with Crippen LogP contribution in [0.5, 0.6) is 0 Å². The first kappa shape index (κ1) is 12.8. The van der Waals surface area contributed by atoms with Crippen molar-refractivity contribution in [2.24, 2.45) is 10.9 Å². The molecule has 0 saturated carbocycles. The lowest BCUT2D eigenvalue weighted by atomic mass is 10.2.